The molecule has 1 saturated carbocycles. The van der Waals surface area contributed by atoms with Gasteiger partial charge in [-0.05, 0) is 104 Å². The molecule has 2 N–H and O–H groups in total. The van der Waals surface area contributed by atoms with Gasteiger partial charge in [0.1, 0.15) is 6.29 Å². The van der Waals surface area contributed by atoms with Crippen LogP contribution in [0.4, 0.5) is 0 Å². The van der Waals surface area contributed by atoms with Gasteiger partial charge in [-0.25, -0.2) is 0 Å². The van der Waals surface area contributed by atoms with E-state index in [0.717, 1.165) is 50.4 Å². The largest absolute Gasteiger partial charge is 0.396 e. The Morgan fingerprint density at radius 3 is 2.39 bits per heavy atom. The van der Waals surface area contributed by atoms with E-state index in [1.54, 1.807) is 0 Å². The first-order valence-electron chi connectivity index (χ1n) is 12.6. The van der Waals surface area contributed by atoms with E-state index in [2.05, 4.69) is 65.0 Å². The predicted molar refractivity (Wildman–Crippen MR) is 141 cm³/mol. The molecule has 0 spiro atoms. The summed E-state index contributed by atoms with van der Waals surface area (Å²) < 4.78 is 0. The molecule has 3 nitrogen and oxygen atoms in total. The Balaban J connectivity index is 2.93. The first kappa shape index (κ1) is 29.3. The molecule has 0 aliphatic heterocycles. The highest BCUT2D eigenvalue weighted by molar-refractivity contribution is 5.74. The lowest BCUT2D eigenvalue weighted by molar-refractivity contribution is -0.115. The Hall–Kier alpha value is -1.71. The van der Waals surface area contributed by atoms with Crippen LogP contribution in [0.1, 0.15) is 99.8 Å². The zero-order valence-corrected chi connectivity index (χ0v) is 22.2. The van der Waals surface area contributed by atoms with Crippen LogP contribution < -0.4 is 0 Å². The number of rotatable bonds is 12. The highest BCUT2D eigenvalue weighted by atomic mass is 16.3. The zero-order valence-electron chi connectivity index (χ0n) is 22.2. The van der Waals surface area contributed by atoms with Crippen molar-refractivity contribution in [1.82, 2.24) is 0 Å². The predicted octanol–water partition coefficient (Wildman–Crippen LogP) is 7.42. The first-order valence-corrected chi connectivity index (χ1v) is 12.6. The monoisotopic (exact) mass is 456 g/mol. The topological polar surface area (TPSA) is 57.5 Å². The van der Waals surface area contributed by atoms with Crippen molar-refractivity contribution >= 4 is 6.29 Å². The van der Waals surface area contributed by atoms with Gasteiger partial charge >= 0.3 is 0 Å². The number of aliphatic hydroxyl groups excluding tert-OH is 1. The third-order valence-corrected chi connectivity index (χ3v) is 7.60. The number of carbonyl (C=O) groups excluding carboxylic acids is 1. The molecule has 0 aromatic carbocycles. The third-order valence-electron chi connectivity index (χ3n) is 7.60. The van der Waals surface area contributed by atoms with E-state index >= 15 is 0 Å². The second-order valence-corrected chi connectivity index (χ2v) is 10.6. The van der Waals surface area contributed by atoms with Crippen LogP contribution in [0.2, 0.25) is 0 Å². The molecule has 1 rings (SSSR count). The molecule has 3 heteroatoms. The van der Waals surface area contributed by atoms with Crippen LogP contribution in [0.15, 0.2) is 58.2 Å². The minimum Gasteiger partial charge on any atom is -0.396 e. The molecule has 0 radical (unpaired) electrons. The molecule has 0 amide bonds. The molecule has 0 heterocycles. The molecule has 0 aromatic rings. The van der Waals surface area contributed by atoms with Gasteiger partial charge in [0.25, 0.3) is 0 Å². The molecule has 33 heavy (non-hydrogen) atoms. The zero-order chi connectivity index (χ0) is 25.1. The van der Waals surface area contributed by atoms with Crippen LogP contribution in [0.25, 0.3) is 0 Å². The summed E-state index contributed by atoms with van der Waals surface area (Å²) in [6, 6.07) is 0. The summed E-state index contributed by atoms with van der Waals surface area (Å²) >= 11 is 0. The van der Waals surface area contributed by atoms with E-state index in [4.69, 9.17) is 0 Å². The van der Waals surface area contributed by atoms with Crippen LogP contribution in [-0.4, -0.2) is 28.7 Å². The van der Waals surface area contributed by atoms with Gasteiger partial charge in [-0.1, -0.05) is 59.6 Å². The van der Waals surface area contributed by atoms with Crippen molar-refractivity contribution in [2.45, 2.75) is 105 Å². The Labute approximate surface area is 203 Å². The van der Waals surface area contributed by atoms with Gasteiger partial charge in [-0.2, -0.15) is 0 Å². The van der Waals surface area contributed by atoms with Crippen LogP contribution >= 0.6 is 0 Å². The normalized spacial score (nSPS) is 28.2. The summed E-state index contributed by atoms with van der Waals surface area (Å²) in [5, 5.41) is 20.8. The molecule has 1 fully saturated rings. The Morgan fingerprint density at radius 1 is 1.09 bits per heavy atom. The maximum atomic E-state index is 11.5. The standard InChI is InChI=1S/C30H48O3/c1-23(2)12-8-13-24(3)14-9-15-25(4)16-10-19-29(6)28(17-11-21-31)27(26(5)22-32)18-20-30(29,7)33/h9,12,14-16,22,28,31,33H,8,10-11,13,17-21H2,1-7H3. The van der Waals surface area contributed by atoms with E-state index in [0.29, 0.717) is 12.8 Å². The number of aldehydes is 1. The number of hydrogen-bond donors (Lipinski definition) is 2. The number of hydrogen-bond acceptors (Lipinski definition) is 3. The lowest BCUT2D eigenvalue weighted by Crippen LogP contribution is -2.52. The summed E-state index contributed by atoms with van der Waals surface area (Å²) in [4.78, 5) is 11.5. The highest BCUT2D eigenvalue weighted by Crippen LogP contribution is 2.55. The number of allylic oxidation sites excluding steroid dienone is 10. The molecule has 186 valence electrons. The molecular weight excluding hydrogens is 408 g/mol. The van der Waals surface area contributed by atoms with Gasteiger partial charge in [-0.3, -0.25) is 4.79 Å². The lowest BCUT2D eigenvalue weighted by atomic mass is 9.54. The maximum Gasteiger partial charge on any atom is 0.145 e. The van der Waals surface area contributed by atoms with Crippen LogP contribution in [0, 0.1) is 11.3 Å². The second kappa shape index (κ2) is 13.9. The molecule has 1 aliphatic carbocycles. The van der Waals surface area contributed by atoms with Gasteiger partial charge in [0.2, 0.25) is 0 Å². The molecule has 3 atom stereocenters. The fourth-order valence-electron chi connectivity index (χ4n) is 5.08. The van der Waals surface area contributed by atoms with E-state index < -0.39 is 5.60 Å². The molecule has 1 aliphatic rings. The first-order chi connectivity index (χ1) is 15.5. The van der Waals surface area contributed by atoms with Crippen LogP contribution in [0.5, 0.6) is 0 Å². The van der Waals surface area contributed by atoms with E-state index in [1.807, 2.05) is 13.8 Å². The lowest BCUT2D eigenvalue weighted by Gasteiger charge is -2.53. The summed E-state index contributed by atoms with van der Waals surface area (Å²) in [6.07, 6.45) is 18.7. The van der Waals surface area contributed by atoms with Gasteiger partial charge < -0.3 is 10.2 Å². The second-order valence-electron chi connectivity index (χ2n) is 10.6. The van der Waals surface area contributed by atoms with E-state index in [1.165, 1.54) is 22.3 Å². The van der Waals surface area contributed by atoms with Crippen LogP contribution in [-0.2, 0) is 4.79 Å². The summed E-state index contributed by atoms with van der Waals surface area (Å²) in [6.45, 7) is 14.7. The molecule has 0 aromatic heterocycles. The van der Waals surface area contributed by atoms with Crippen molar-refractivity contribution in [2.24, 2.45) is 11.3 Å². The van der Waals surface area contributed by atoms with E-state index in [-0.39, 0.29) is 17.9 Å². The SMILES string of the molecule is CC(C)=CCCC(C)=CC=CC(C)=CCCC1(C)C(CCCO)C(=C(C)C=O)CCC1(C)O. The summed E-state index contributed by atoms with van der Waals surface area (Å²) in [5.41, 5.74) is 4.77. The summed E-state index contributed by atoms with van der Waals surface area (Å²) in [7, 11) is 0. The average molecular weight is 457 g/mol. The van der Waals surface area contributed by atoms with E-state index in [9.17, 15) is 15.0 Å². The molecule has 0 bridgehead atoms. The van der Waals surface area contributed by atoms with Crippen molar-refractivity contribution in [3.8, 4) is 0 Å². The number of carbonyl (C=O) groups is 1. The molecule has 3 unspecified atom stereocenters. The van der Waals surface area contributed by atoms with Gasteiger partial charge in [-0.15, -0.1) is 0 Å². The van der Waals surface area contributed by atoms with Gasteiger partial charge in [0.05, 0.1) is 5.60 Å². The smallest absolute Gasteiger partial charge is 0.145 e. The van der Waals surface area contributed by atoms with Gasteiger partial charge in [0.15, 0.2) is 0 Å². The quantitative estimate of drug-likeness (QED) is 0.139. The number of aliphatic hydroxyl groups is 2. The fourth-order valence-corrected chi connectivity index (χ4v) is 5.08. The van der Waals surface area contributed by atoms with Crippen molar-refractivity contribution in [3.05, 3.63) is 58.2 Å². The van der Waals surface area contributed by atoms with Crippen molar-refractivity contribution in [2.75, 3.05) is 6.61 Å². The maximum absolute atomic E-state index is 11.5. The van der Waals surface area contributed by atoms with Gasteiger partial charge in [0, 0.05) is 12.0 Å². The highest BCUT2D eigenvalue weighted by Gasteiger charge is 2.51. The van der Waals surface area contributed by atoms with Crippen molar-refractivity contribution in [3.63, 3.8) is 0 Å². The summed E-state index contributed by atoms with van der Waals surface area (Å²) in [5.74, 6) is 0.106. The van der Waals surface area contributed by atoms with Crippen molar-refractivity contribution < 1.29 is 15.0 Å². The Kier molecular flexibility index (Phi) is 12.3. The fraction of sp³-hybridized carbons (Fsp3) is 0.633. The molecule has 0 saturated heterocycles. The Bertz CT molecular complexity index is 787. The average Bonchev–Trinajstić information content (AvgIpc) is 2.74. The minimum absolute atomic E-state index is 0.106. The third kappa shape index (κ3) is 8.87. The van der Waals surface area contributed by atoms with Crippen molar-refractivity contribution in [1.29, 1.82) is 0 Å². The van der Waals surface area contributed by atoms with Crippen LogP contribution in [0.3, 0.4) is 0 Å². The Morgan fingerprint density at radius 2 is 1.79 bits per heavy atom. The minimum atomic E-state index is -0.803. The molecular formula is C30H48O3.